The van der Waals surface area contributed by atoms with Gasteiger partial charge >= 0.3 is 0 Å². The molecule has 10 aromatic rings. The molecular formula is C47H30N2S. The lowest BCUT2D eigenvalue weighted by molar-refractivity contribution is 1.18. The maximum atomic E-state index is 5.15. The second kappa shape index (κ2) is 11.7. The Kier molecular flexibility index (Phi) is 6.71. The predicted molar refractivity (Wildman–Crippen MR) is 213 cm³/mol. The third-order valence-corrected chi connectivity index (χ3v) is 10.9. The van der Waals surface area contributed by atoms with Gasteiger partial charge in [-0.05, 0) is 82.9 Å². The second-order valence-electron chi connectivity index (χ2n) is 12.8. The van der Waals surface area contributed by atoms with Crippen LogP contribution in [0.5, 0.6) is 0 Å². The summed E-state index contributed by atoms with van der Waals surface area (Å²) < 4.78 is 4.95. The summed E-state index contributed by atoms with van der Waals surface area (Å²) in [6.45, 7) is 0. The van der Waals surface area contributed by atoms with Crippen LogP contribution in [-0.4, -0.2) is 9.55 Å². The number of aromatic nitrogens is 2. The van der Waals surface area contributed by atoms with E-state index in [0.717, 1.165) is 22.5 Å². The molecule has 0 spiro atoms. The van der Waals surface area contributed by atoms with Gasteiger partial charge in [0.1, 0.15) is 0 Å². The van der Waals surface area contributed by atoms with E-state index in [0.29, 0.717) is 0 Å². The van der Waals surface area contributed by atoms with Crippen molar-refractivity contribution in [2.45, 2.75) is 0 Å². The van der Waals surface area contributed by atoms with Crippen LogP contribution < -0.4 is 0 Å². The molecule has 0 saturated heterocycles. The van der Waals surface area contributed by atoms with Crippen LogP contribution in [0, 0.1) is 0 Å². The van der Waals surface area contributed by atoms with Crippen LogP contribution >= 0.6 is 11.3 Å². The number of hydrogen-bond donors (Lipinski definition) is 0. The number of pyridine rings is 1. The molecule has 0 aliphatic carbocycles. The number of nitrogens with zero attached hydrogens (tertiary/aromatic N) is 2. The Morgan fingerprint density at radius 2 is 0.980 bits per heavy atom. The van der Waals surface area contributed by atoms with Gasteiger partial charge in [0.25, 0.3) is 0 Å². The molecular weight excluding hydrogens is 625 g/mol. The molecule has 0 saturated carbocycles. The summed E-state index contributed by atoms with van der Waals surface area (Å²) in [5.41, 5.74) is 12.6. The van der Waals surface area contributed by atoms with E-state index in [4.69, 9.17) is 4.98 Å². The molecule has 0 bridgehead atoms. The molecule has 3 aromatic heterocycles. The van der Waals surface area contributed by atoms with Crippen LogP contribution in [-0.2, 0) is 0 Å². The van der Waals surface area contributed by atoms with Gasteiger partial charge in [0.05, 0.1) is 22.4 Å². The van der Waals surface area contributed by atoms with Crippen molar-refractivity contribution in [3.8, 4) is 50.5 Å². The topological polar surface area (TPSA) is 17.8 Å². The minimum Gasteiger partial charge on any atom is -0.309 e. The third kappa shape index (κ3) is 4.74. The Labute approximate surface area is 294 Å². The van der Waals surface area contributed by atoms with Crippen molar-refractivity contribution in [3.05, 3.63) is 182 Å². The standard InChI is InChI=1S/C47H30N2S/c1-4-13-31(14-5-1)41-29-35(30-42(48-41)32-15-6-2-7-16-32)37-20-12-22-46-47(37)40-28-34(24-26-45(40)50-46)33-23-25-44-39(27-33)38-19-10-11-21-43(38)49(44)36-17-8-3-9-18-36/h1-30H. The molecule has 0 radical (unpaired) electrons. The molecule has 2 nitrogen and oxygen atoms in total. The molecule has 3 heterocycles. The molecule has 10 rings (SSSR count). The van der Waals surface area contributed by atoms with Gasteiger partial charge in [-0.15, -0.1) is 11.3 Å². The van der Waals surface area contributed by atoms with Gasteiger partial charge in [-0.3, -0.25) is 0 Å². The SMILES string of the molecule is c1ccc(-c2cc(-c3cccc4sc5ccc(-c6ccc7c(c6)c6ccccc6n7-c6ccccc6)cc5c34)cc(-c3ccccc3)n2)cc1. The maximum absolute atomic E-state index is 5.15. The smallest absolute Gasteiger partial charge is 0.0715 e. The van der Waals surface area contributed by atoms with E-state index in [1.165, 1.54) is 69.9 Å². The fraction of sp³-hybridized carbons (Fsp3) is 0. The Morgan fingerprint density at radius 3 is 1.70 bits per heavy atom. The molecule has 0 amide bonds. The Balaban J connectivity index is 1.16. The van der Waals surface area contributed by atoms with Crippen LogP contribution in [0.15, 0.2) is 182 Å². The number of para-hydroxylation sites is 2. The average molecular weight is 655 g/mol. The molecule has 50 heavy (non-hydrogen) atoms. The monoisotopic (exact) mass is 654 g/mol. The number of thiophene rings is 1. The predicted octanol–water partition coefficient (Wildman–Crippen LogP) is 13.2. The van der Waals surface area contributed by atoms with Crippen molar-refractivity contribution in [1.82, 2.24) is 9.55 Å². The van der Waals surface area contributed by atoms with Gasteiger partial charge in [0.2, 0.25) is 0 Å². The minimum atomic E-state index is 0.974. The van der Waals surface area contributed by atoms with Crippen molar-refractivity contribution in [2.75, 3.05) is 0 Å². The highest BCUT2D eigenvalue weighted by molar-refractivity contribution is 7.26. The zero-order chi connectivity index (χ0) is 33.0. The lowest BCUT2D eigenvalue weighted by Crippen LogP contribution is -1.92. The van der Waals surface area contributed by atoms with Gasteiger partial charge in [-0.1, -0.05) is 121 Å². The van der Waals surface area contributed by atoms with E-state index in [-0.39, 0.29) is 0 Å². The second-order valence-corrected chi connectivity index (χ2v) is 13.9. The van der Waals surface area contributed by atoms with Gasteiger partial charge in [-0.2, -0.15) is 0 Å². The summed E-state index contributed by atoms with van der Waals surface area (Å²) in [4.78, 5) is 5.15. The van der Waals surface area contributed by atoms with Gasteiger partial charge in [0, 0.05) is 47.8 Å². The van der Waals surface area contributed by atoms with E-state index in [1.807, 2.05) is 11.3 Å². The minimum absolute atomic E-state index is 0.974. The fourth-order valence-corrected chi connectivity index (χ4v) is 8.57. The zero-order valence-corrected chi connectivity index (χ0v) is 27.9. The van der Waals surface area contributed by atoms with E-state index in [1.54, 1.807) is 0 Å². The summed E-state index contributed by atoms with van der Waals surface area (Å²) in [7, 11) is 0. The van der Waals surface area contributed by atoms with E-state index < -0.39 is 0 Å². The molecule has 0 N–H and O–H groups in total. The average Bonchev–Trinajstić information content (AvgIpc) is 3.74. The molecule has 0 aliphatic rings. The van der Waals surface area contributed by atoms with Crippen molar-refractivity contribution < 1.29 is 0 Å². The first-order valence-corrected chi connectivity index (χ1v) is 17.8. The Bertz CT molecular complexity index is 2790. The third-order valence-electron chi connectivity index (χ3n) is 9.79. The van der Waals surface area contributed by atoms with Crippen molar-refractivity contribution >= 4 is 53.3 Å². The quantitative estimate of drug-likeness (QED) is 0.181. The maximum Gasteiger partial charge on any atom is 0.0715 e. The Hall–Kier alpha value is -6.29. The number of hydrogen-bond acceptors (Lipinski definition) is 2. The molecule has 234 valence electrons. The first kappa shape index (κ1) is 28.7. The van der Waals surface area contributed by atoms with Crippen molar-refractivity contribution in [1.29, 1.82) is 0 Å². The van der Waals surface area contributed by atoms with Gasteiger partial charge < -0.3 is 4.57 Å². The molecule has 0 fully saturated rings. The highest BCUT2D eigenvalue weighted by Gasteiger charge is 2.17. The largest absolute Gasteiger partial charge is 0.309 e. The highest BCUT2D eigenvalue weighted by atomic mass is 32.1. The van der Waals surface area contributed by atoms with Crippen LogP contribution in [0.2, 0.25) is 0 Å². The first-order valence-electron chi connectivity index (χ1n) is 17.0. The van der Waals surface area contributed by atoms with Gasteiger partial charge in [0.15, 0.2) is 0 Å². The molecule has 0 unspecified atom stereocenters. The number of fused-ring (bicyclic) bond motifs is 6. The highest BCUT2D eigenvalue weighted by Crippen LogP contribution is 2.43. The lowest BCUT2D eigenvalue weighted by atomic mass is 9.95. The van der Waals surface area contributed by atoms with Gasteiger partial charge in [-0.25, -0.2) is 4.98 Å². The summed E-state index contributed by atoms with van der Waals surface area (Å²) in [5.74, 6) is 0. The van der Waals surface area contributed by atoms with E-state index >= 15 is 0 Å². The van der Waals surface area contributed by atoms with Crippen LogP contribution in [0.4, 0.5) is 0 Å². The lowest BCUT2D eigenvalue weighted by Gasteiger charge is -2.12. The summed E-state index contributed by atoms with van der Waals surface area (Å²) >= 11 is 1.86. The van der Waals surface area contributed by atoms with Crippen LogP contribution in [0.3, 0.4) is 0 Å². The summed E-state index contributed by atoms with van der Waals surface area (Å²) in [5, 5.41) is 5.10. The summed E-state index contributed by atoms with van der Waals surface area (Å²) in [6, 6.07) is 65.5. The van der Waals surface area contributed by atoms with Crippen LogP contribution in [0.1, 0.15) is 0 Å². The first-order chi connectivity index (χ1) is 24.8. The molecule has 3 heteroatoms. The normalized spacial score (nSPS) is 11.6. The van der Waals surface area contributed by atoms with E-state index in [2.05, 4.69) is 187 Å². The molecule has 7 aromatic carbocycles. The molecule has 0 atom stereocenters. The Morgan fingerprint density at radius 1 is 0.380 bits per heavy atom. The zero-order valence-electron chi connectivity index (χ0n) is 27.1. The van der Waals surface area contributed by atoms with Crippen molar-refractivity contribution in [2.24, 2.45) is 0 Å². The van der Waals surface area contributed by atoms with E-state index in [9.17, 15) is 0 Å². The summed E-state index contributed by atoms with van der Waals surface area (Å²) in [6.07, 6.45) is 0. The van der Waals surface area contributed by atoms with Crippen LogP contribution in [0.25, 0.3) is 92.4 Å². The molecule has 0 aliphatic heterocycles. The number of rotatable bonds is 5. The fourth-order valence-electron chi connectivity index (χ4n) is 7.45. The van der Waals surface area contributed by atoms with Crippen molar-refractivity contribution in [3.63, 3.8) is 0 Å². The number of benzene rings is 7.